The van der Waals surface area contributed by atoms with E-state index in [9.17, 15) is 0 Å². The first kappa shape index (κ1) is 13.6. The van der Waals surface area contributed by atoms with Crippen LogP contribution >= 0.6 is 31.9 Å². The van der Waals surface area contributed by atoms with Crippen molar-refractivity contribution in [3.05, 3.63) is 21.0 Å². The zero-order chi connectivity index (χ0) is 12.4. The average molecular weight is 366 g/mol. The minimum Gasteiger partial charge on any atom is -0.451 e. The molecule has 1 fully saturated rings. The summed E-state index contributed by atoms with van der Waals surface area (Å²) in [4.78, 5) is 2.44. The molecule has 1 aliphatic heterocycles. The summed E-state index contributed by atoms with van der Waals surface area (Å²) in [5.41, 5.74) is 5.90. The van der Waals surface area contributed by atoms with E-state index in [0.717, 1.165) is 33.9 Å². The van der Waals surface area contributed by atoms with E-state index in [1.54, 1.807) is 0 Å². The molecule has 3 nitrogen and oxygen atoms in total. The second-order valence-electron chi connectivity index (χ2n) is 4.58. The molecule has 2 atom stereocenters. The lowest BCUT2D eigenvalue weighted by molar-refractivity contribution is 0.211. The maximum absolute atomic E-state index is 5.90. The molecule has 96 valence electrons. The topological polar surface area (TPSA) is 42.4 Å². The second kappa shape index (κ2) is 5.87. The molecule has 2 N–H and O–H groups in total. The van der Waals surface area contributed by atoms with Gasteiger partial charge in [0.25, 0.3) is 0 Å². The van der Waals surface area contributed by atoms with Crippen LogP contribution in [0.25, 0.3) is 0 Å². The van der Waals surface area contributed by atoms with Gasteiger partial charge in [-0.05, 0) is 56.8 Å². The van der Waals surface area contributed by atoms with Gasteiger partial charge in [-0.2, -0.15) is 0 Å². The molecule has 1 aliphatic rings. The van der Waals surface area contributed by atoms with Gasteiger partial charge in [-0.1, -0.05) is 13.3 Å². The maximum Gasteiger partial charge on any atom is 0.183 e. The fourth-order valence-electron chi connectivity index (χ4n) is 2.45. The van der Waals surface area contributed by atoms with Crippen LogP contribution in [0.5, 0.6) is 0 Å². The summed E-state index contributed by atoms with van der Waals surface area (Å²) in [6, 6.07) is 2.22. The highest BCUT2D eigenvalue weighted by atomic mass is 79.9. The summed E-state index contributed by atoms with van der Waals surface area (Å²) in [6.45, 7) is 5.11. The Balaban J connectivity index is 2.11. The minimum absolute atomic E-state index is 0.203. The third-order valence-corrected chi connectivity index (χ3v) is 5.26. The molecule has 0 aromatic carbocycles. The van der Waals surface area contributed by atoms with Gasteiger partial charge in [-0.15, -0.1) is 0 Å². The van der Waals surface area contributed by atoms with E-state index in [0.29, 0.717) is 6.54 Å². The summed E-state index contributed by atoms with van der Waals surface area (Å²) >= 11 is 6.82. The number of likely N-dealkylation sites (tertiary alicyclic amines) is 1. The van der Waals surface area contributed by atoms with E-state index >= 15 is 0 Å². The molecule has 0 aliphatic carbocycles. The van der Waals surface area contributed by atoms with Crippen molar-refractivity contribution in [1.29, 1.82) is 0 Å². The molecular formula is C12H18Br2N2O. The van der Waals surface area contributed by atoms with E-state index < -0.39 is 0 Å². The summed E-state index contributed by atoms with van der Waals surface area (Å²) in [6.07, 6.45) is 2.52. The Morgan fingerprint density at radius 2 is 2.35 bits per heavy atom. The predicted octanol–water partition coefficient (Wildman–Crippen LogP) is 3.54. The van der Waals surface area contributed by atoms with Crippen molar-refractivity contribution in [3.63, 3.8) is 0 Å². The first-order valence-corrected chi connectivity index (χ1v) is 7.63. The molecule has 0 bridgehead atoms. The van der Waals surface area contributed by atoms with E-state index in [4.69, 9.17) is 10.2 Å². The van der Waals surface area contributed by atoms with Gasteiger partial charge < -0.3 is 10.2 Å². The van der Waals surface area contributed by atoms with Gasteiger partial charge in [0, 0.05) is 13.1 Å². The summed E-state index contributed by atoms with van der Waals surface area (Å²) in [7, 11) is 0. The molecule has 5 heteroatoms. The van der Waals surface area contributed by atoms with E-state index in [2.05, 4.69) is 43.7 Å². The molecule has 2 heterocycles. The lowest BCUT2D eigenvalue weighted by Crippen LogP contribution is -2.31. The number of hydrogen-bond donors (Lipinski definition) is 1. The molecule has 1 saturated heterocycles. The van der Waals surface area contributed by atoms with Crippen molar-refractivity contribution in [2.45, 2.75) is 25.8 Å². The van der Waals surface area contributed by atoms with E-state index in [-0.39, 0.29) is 6.04 Å². The minimum atomic E-state index is 0.203. The van der Waals surface area contributed by atoms with Crippen LogP contribution in [0.2, 0.25) is 0 Å². The Labute approximate surface area is 119 Å². The third-order valence-electron chi connectivity index (χ3n) is 3.55. The fraction of sp³-hybridized carbons (Fsp3) is 0.667. The van der Waals surface area contributed by atoms with Gasteiger partial charge in [-0.3, -0.25) is 4.90 Å². The molecule has 2 unspecified atom stereocenters. The lowest BCUT2D eigenvalue weighted by atomic mass is 10.1. The molecule has 1 aromatic heterocycles. The van der Waals surface area contributed by atoms with Crippen LogP contribution in [-0.4, -0.2) is 24.5 Å². The molecule has 0 radical (unpaired) electrons. The Morgan fingerprint density at radius 3 is 2.82 bits per heavy atom. The second-order valence-corrected chi connectivity index (χ2v) is 6.15. The van der Waals surface area contributed by atoms with Gasteiger partial charge in [0.2, 0.25) is 0 Å². The summed E-state index contributed by atoms with van der Waals surface area (Å²) in [5.74, 6) is 1.76. The number of furan rings is 1. The first-order valence-electron chi connectivity index (χ1n) is 6.04. The molecule has 1 aromatic rings. The summed E-state index contributed by atoms with van der Waals surface area (Å²) < 4.78 is 7.40. The zero-order valence-electron chi connectivity index (χ0n) is 9.96. The SMILES string of the molecule is CCC1CCN(C(CN)c2cc(Br)c(Br)o2)C1. The van der Waals surface area contributed by atoms with Gasteiger partial charge in [0.05, 0.1) is 10.5 Å². The van der Waals surface area contributed by atoms with Crippen LogP contribution in [0, 0.1) is 5.92 Å². The standard InChI is InChI=1S/C12H18Br2N2O/c1-2-8-3-4-16(7-8)10(6-15)11-5-9(13)12(14)17-11/h5,8,10H,2-4,6-7,15H2,1H3. The van der Waals surface area contributed by atoms with Gasteiger partial charge in [-0.25, -0.2) is 0 Å². The number of rotatable bonds is 4. The van der Waals surface area contributed by atoms with Crippen LogP contribution in [0.1, 0.15) is 31.6 Å². The van der Waals surface area contributed by atoms with Crippen LogP contribution in [0.4, 0.5) is 0 Å². The average Bonchev–Trinajstić information content (AvgIpc) is 2.89. The van der Waals surface area contributed by atoms with Gasteiger partial charge >= 0.3 is 0 Å². The normalized spacial score (nSPS) is 23.2. The Bertz CT molecular complexity index is 361. The number of nitrogens with two attached hydrogens (primary N) is 1. The molecule has 0 spiro atoms. The number of halogens is 2. The largest absolute Gasteiger partial charge is 0.451 e. The molecule has 0 amide bonds. The Hall–Kier alpha value is 0.160. The number of nitrogens with zero attached hydrogens (tertiary/aromatic N) is 1. The van der Waals surface area contributed by atoms with Crippen molar-refractivity contribution in [2.24, 2.45) is 11.7 Å². The Kier molecular flexibility index (Phi) is 4.69. The highest BCUT2D eigenvalue weighted by Crippen LogP contribution is 2.34. The smallest absolute Gasteiger partial charge is 0.183 e. The quantitative estimate of drug-likeness (QED) is 0.887. The van der Waals surface area contributed by atoms with Crippen molar-refractivity contribution in [2.75, 3.05) is 19.6 Å². The maximum atomic E-state index is 5.90. The van der Waals surface area contributed by atoms with Crippen molar-refractivity contribution < 1.29 is 4.42 Å². The monoisotopic (exact) mass is 364 g/mol. The fourth-order valence-corrected chi connectivity index (χ4v) is 3.06. The first-order chi connectivity index (χ1) is 8.15. The Morgan fingerprint density at radius 1 is 1.59 bits per heavy atom. The van der Waals surface area contributed by atoms with E-state index in [1.807, 2.05) is 6.07 Å². The molecule has 0 saturated carbocycles. The van der Waals surface area contributed by atoms with E-state index in [1.165, 1.54) is 12.8 Å². The van der Waals surface area contributed by atoms with Crippen LogP contribution in [-0.2, 0) is 0 Å². The van der Waals surface area contributed by atoms with Crippen LogP contribution in [0.15, 0.2) is 19.6 Å². The number of hydrogen-bond acceptors (Lipinski definition) is 3. The predicted molar refractivity (Wildman–Crippen MR) is 75.9 cm³/mol. The van der Waals surface area contributed by atoms with Crippen molar-refractivity contribution in [3.8, 4) is 0 Å². The van der Waals surface area contributed by atoms with Crippen LogP contribution < -0.4 is 5.73 Å². The van der Waals surface area contributed by atoms with Crippen LogP contribution in [0.3, 0.4) is 0 Å². The molecule has 2 rings (SSSR count). The van der Waals surface area contributed by atoms with Gasteiger partial charge in [0.15, 0.2) is 4.67 Å². The summed E-state index contributed by atoms with van der Waals surface area (Å²) in [5, 5.41) is 0. The molecular weight excluding hydrogens is 348 g/mol. The molecule has 17 heavy (non-hydrogen) atoms. The van der Waals surface area contributed by atoms with Crippen molar-refractivity contribution >= 4 is 31.9 Å². The highest BCUT2D eigenvalue weighted by molar-refractivity contribution is 9.13. The lowest BCUT2D eigenvalue weighted by Gasteiger charge is -2.24. The highest BCUT2D eigenvalue weighted by Gasteiger charge is 2.29. The third kappa shape index (κ3) is 2.95. The zero-order valence-corrected chi connectivity index (χ0v) is 13.1. The van der Waals surface area contributed by atoms with Crippen molar-refractivity contribution in [1.82, 2.24) is 4.90 Å². The van der Waals surface area contributed by atoms with Gasteiger partial charge in [0.1, 0.15) is 5.76 Å².